The van der Waals surface area contributed by atoms with E-state index in [2.05, 4.69) is 10.6 Å². The van der Waals surface area contributed by atoms with E-state index in [4.69, 9.17) is 10.8 Å². The summed E-state index contributed by atoms with van der Waals surface area (Å²) >= 11 is 0. The summed E-state index contributed by atoms with van der Waals surface area (Å²) in [6.07, 6.45) is 2.98. The minimum atomic E-state index is -1.65. The van der Waals surface area contributed by atoms with Crippen LogP contribution in [-0.2, 0) is 36.8 Å². The molecule has 0 spiro atoms. The van der Waals surface area contributed by atoms with Crippen LogP contribution < -0.4 is 16.4 Å². The van der Waals surface area contributed by atoms with Crippen molar-refractivity contribution in [3.8, 4) is 0 Å². The monoisotopic (exact) mass is 622 g/mol. The van der Waals surface area contributed by atoms with Gasteiger partial charge < -0.3 is 31.5 Å². The molecule has 0 aliphatic carbocycles. The molecule has 1 fully saturated rings. The van der Waals surface area contributed by atoms with Crippen molar-refractivity contribution in [2.75, 3.05) is 6.54 Å². The largest absolute Gasteiger partial charge is 0.481 e. The lowest BCUT2D eigenvalue weighted by Crippen LogP contribution is -2.54. The molecule has 0 bridgehead atoms. The average molecular weight is 623 g/mol. The zero-order valence-electron chi connectivity index (χ0n) is 26.1. The third-order valence-corrected chi connectivity index (χ3v) is 8.16. The molecule has 1 aliphatic heterocycles. The smallest absolute Gasteiger partial charge is 0.326 e. The first-order valence-electron chi connectivity index (χ1n) is 15.6. The normalized spacial score (nSPS) is 17.2. The van der Waals surface area contributed by atoms with Crippen LogP contribution in [0.1, 0.15) is 63.5 Å². The van der Waals surface area contributed by atoms with E-state index in [0.29, 0.717) is 38.1 Å². The number of carboxylic acids is 2. The second-order valence-corrected chi connectivity index (χ2v) is 12.3. The molecule has 3 amide bonds. The third kappa shape index (κ3) is 11.3. The highest BCUT2D eigenvalue weighted by Gasteiger charge is 2.34. The summed E-state index contributed by atoms with van der Waals surface area (Å²) in [6.45, 7) is 4.69. The Bertz CT molecular complexity index is 1290. The number of carbonyl (C=O) groups excluding carboxylic acids is 3. The minimum absolute atomic E-state index is 0.0439. The number of amides is 3. The third-order valence-electron chi connectivity index (χ3n) is 8.16. The Morgan fingerprint density at radius 3 is 2.00 bits per heavy atom. The predicted octanol–water partition coefficient (Wildman–Crippen LogP) is 2.76. The van der Waals surface area contributed by atoms with Gasteiger partial charge in [0.2, 0.25) is 17.7 Å². The highest BCUT2D eigenvalue weighted by molar-refractivity contribution is 5.92. The van der Waals surface area contributed by atoms with E-state index < -0.39 is 48.3 Å². The maximum Gasteiger partial charge on any atom is 0.326 e. The van der Waals surface area contributed by atoms with E-state index in [0.717, 1.165) is 24.0 Å². The molecule has 3 rings (SSSR count). The van der Waals surface area contributed by atoms with E-state index in [-0.39, 0.29) is 24.3 Å². The van der Waals surface area contributed by atoms with Gasteiger partial charge in [-0.25, -0.2) is 4.79 Å². The predicted molar refractivity (Wildman–Crippen MR) is 169 cm³/mol. The molecule has 6 N–H and O–H groups in total. The second kappa shape index (κ2) is 17.3. The number of carbonyl (C=O) groups is 5. The summed E-state index contributed by atoms with van der Waals surface area (Å²) in [6, 6.07) is 15.1. The van der Waals surface area contributed by atoms with Gasteiger partial charge in [0.15, 0.2) is 0 Å². The van der Waals surface area contributed by atoms with E-state index >= 15 is 0 Å². The van der Waals surface area contributed by atoms with Gasteiger partial charge in [-0.3, -0.25) is 19.2 Å². The fourth-order valence-corrected chi connectivity index (χ4v) is 5.86. The average Bonchev–Trinajstić information content (AvgIpc) is 3.47. The van der Waals surface area contributed by atoms with Crippen LogP contribution in [-0.4, -0.2) is 75.5 Å². The summed E-state index contributed by atoms with van der Waals surface area (Å²) < 4.78 is 0. The topological polar surface area (TPSA) is 179 Å². The van der Waals surface area contributed by atoms with Crippen molar-refractivity contribution in [1.82, 2.24) is 15.5 Å². The number of benzene rings is 2. The first-order valence-corrected chi connectivity index (χ1v) is 15.6. The Morgan fingerprint density at radius 1 is 0.867 bits per heavy atom. The Balaban J connectivity index is 1.80. The van der Waals surface area contributed by atoms with E-state index in [1.54, 1.807) is 24.3 Å². The number of carboxylic acid groups (broad SMARTS) is 2. The van der Waals surface area contributed by atoms with Crippen LogP contribution >= 0.6 is 0 Å². The SMILES string of the molecule is CC(C)C[C@@H](N)C(=O)N1CCC[C@H]1CC[C@@H](Cc1ccccc1)C(=O)N[C@@H](Cc1ccccc1)C(=O)N[C@H](CC(=O)O)C(=O)O. The quantitative estimate of drug-likeness (QED) is 0.179. The Kier molecular flexibility index (Phi) is 13.5. The van der Waals surface area contributed by atoms with Gasteiger partial charge in [0.1, 0.15) is 12.1 Å². The lowest BCUT2D eigenvalue weighted by molar-refractivity contribution is -0.147. The summed E-state index contributed by atoms with van der Waals surface area (Å²) in [5, 5.41) is 23.8. The van der Waals surface area contributed by atoms with Gasteiger partial charge in [-0.1, -0.05) is 74.5 Å². The number of rotatable bonds is 17. The number of nitrogens with two attached hydrogens (primary N) is 1. The van der Waals surface area contributed by atoms with E-state index in [1.807, 2.05) is 55.1 Å². The summed E-state index contributed by atoms with van der Waals surface area (Å²) in [4.78, 5) is 65.1. The minimum Gasteiger partial charge on any atom is -0.481 e. The number of aliphatic carboxylic acids is 2. The Morgan fingerprint density at radius 2 is 1.44 bits per heavy atom. The number of nitrogens with zero attached hydrogens (tertiary/aromatic N) is 1. The van der Waals surface area contributed by atoms with Gasteiger partial charge in [-0.05, 0) is 55.6 Å². The molecule has 2 aromatic rings. The van der Waals surface area contributed by atoms with E-state index in [1.165, 1.54) is 0 Å². The van der Waals surface area contributed by atoms with Crippen LogP contribution in [0.4, 0.5) is 0 Å². The van der Waals surface area contributed by atoms with Crippen molar-refractivity contribution in [1.29, 1.82) is 0 Å². The lowest BCUT2D eigenvalue weighted by atomic mass is 9.90. The van der Waals surface area contributed by atoms with Crippen molar-refractivity contribution in [3.63, 3.8) is 0 Å². The molecule has 1 heterocycles. The summed E-state index contributed by atoms with van der Waals surface area (Å²) in [5.41, 5.74) is 7.90. The second-order valence-electron chi connectivity index (χ2n) is 12.3. The molecule has 0 radical (unpaired) electrons. The fourth-order valence-electron chi connectivity index (χ4n) is 5.86. The standard InChI is InChI=1S/C34H46N4O7/c1-22(2)18-27(35)33(43)38-17-9-14-26(38)16-15-25(19-23-10-5-3-6-11-23)31(41)36-28(20-24-12-7-4-8-13-24)32(42)37-29(34(44)45)21-30(39)40/h3-8,10-13,22,25-29H,9,14-21,35H2,1-2H3,(H,36,41)(H,37,42)(H,39,40)(H,44,45)/t25-,26-,27+,28-,29+/m0/s1. The maximum absolute atomic E-state index is 13.9. The Hall–Kier alpha value is -4.25. The highest BCUT2D eigenvalue weighted by Crippen LogP contribution is 2.26. The van der Waals surface area contributed by atoms with Crippen LogP contribution in [0, 0.1) is 11.8 Å². The number of nitrogens with one attached hydrogen (secondary N) is 2. The van der Waals surface area contributed by atoms with Gasteiger partial charge in [0, 0.05) is 24.9 Å². The molecule has 244 valence electrons. The first kappa shape index (κ1) is 35.2. The van der Waals surface area contributed by atoms with Crippen LogP contribution in [0.5, 0.6) is 0 Å². The molecule has 1 aliphatic rings. The van der Waals surface area contributed by atoms with Crippen LogP contribution in [0.25, 0.3) is 0 Å². The molecular formula is C34H46N4O7. The lowest BCUT2D eigenvalue weighted by Gasteiger charge is -2.29. The number of hydrogen-bond acceptors (Lipinski definition) is 6. The van der Waals surface area contributed by atoms with Crippen molar-refractivity contribution >= 4 is 29.7 Å². The van der Waals surface area contributed by atoms with Gasteiger partial charge in [0.05, 0.1) is 12.5 Å². The van der Waals surface area contributed by atoms with Crippen LogP contribution in [0.2, 0.25) is 0 Å². The number of hydrogen-bond donors (Lipinski definition) is 5. The van der Waals surface area contributed by atoms with Crippen molar-refractivity contribution < 1.29 is 34.2 Å². The zero-order chi connectivity index (χ0) is 32.9. The molecule has 45 heavy (non-hydrogen) atoms. The molecule has 11 nitrogen and oxygen atoms in total. The fraction of sp³-hybridized carbons (Fsp3) is 0.500. The molecule has 0 aromatic heterocycles. The Labute approximate surface area is 264 Å². The zero-order valence-corrected chi connectivity index (χ0v) is 26.1. The summed E-state index contributed by atoms with van der Waals surface area (Å²) in [7, 11) is 0. The van der Waals surface area contributed by atoms with Crippen LogP contribution in [0.15, 0.2) is 60.7 Å². The van der Waals surface area contributed by atoms with Crippen LogP contribution in [0.3, 0.4) is 0 Å². The molecule has 0 unspecified atom stereocenters. The molecular weight excluding hydrogens is 576 g/mol. The van der Waals surface area contributed by atoms with Gasteiger partial charge >= 0.3 is 11.9 Å². The highest BCUT2D eigenvalue weighted by atomic mass is 16.4. The molecule has 11 heteroatoms. The number of likely N-dealkylation sites (tertiary alicyclic amines) is 1. The van der Waals surface area contributed by atoms with Gasteiger partial charge in [-0.2, -0.15) is 0 Å². The van der Waals surface area contributed by atoms with Crippen molar-refractivity contribution in [3.05, 3.63) is 71.8 Å². The van der Waals surface area contributed by atoms with Crippen molar-refractivity contribution in [2.24, 2.45) is 17.6 Å². The molecule has 0 saturated carbocycles. The first-order chi connectivity index (χ1) is 21.4. The van der Waals surface area contributed by atoms with Gasteiger partial charge in [0.25, 0.3) is 0 Å². The van der Waals surface area contributed by atoms with Gasteiger partial charge in [-0.15, -0.1) is 0 Å². The summed E-state index contributed by atoms with van der Waals surface area (Å²) in [5.74, 6) is -4.35. The van der Waals surface area contributed by atoms with Crippen molar-refractivity contribution in [2.45, 2.75) is 89.4 Å². The maximum atomic E-state index is 13.9. The molecule has 1 saturated heterocycles. The molecule has 5 atom stereocenters. The molecule has 2 aromatic carbocycles. The van der Waals surface area contributed by atoms with E-state index in [9.17, 15) is 29.1 Å².